The molecule has 7 heteroatoms. The fourth-order valence-corrected chi connectivity index (χ4v) is 2.95. The summed E-state index contributed by atoms with van der Waals surface area (Å²) in [5.41, 5.74) is 5.84. The predicted molar refractivity (Wildman–Crippen MR) is 101 cm³/mol. The van der Waals surface area contributed by atoms with Crippen molar-refractivity contribution in [1.82, 2.24) is 0 Å². The standard InChI is InChI=1S/C19H23ClN2O4/c20-18-14-10-12(22)6-4-2-1-3-5-7-13(8-9-21)26-19(25)17(14)15(23)11-16(18)24/h3-6,11,13,22-24H,1-2,7-10,21H2/b5-3+,6-4+,22-12?. The maximum Gasteiger partial charge on any atom is 0.342 e. The Hall–Kier alpha value is -2.31. The van der Waals surface area contributed by atoms with Crippen molar-refractivity contribution < 1.29 is 19.7 Å². The highest BCUT2D eigenvalue weighted by molar-refractivity contribution is 6.33. The van der Waals surface area contributed by atoms with Crippen LogP contribution in [0.2, 0.25) is 5.02 Å². The first kappa shape index (κ1) is 20.0. The van der Waals surface area contributed by atoms with Crippen LogP contribution < -0.4 is 5.73 Å². The van der Waals surface area contributed by atoms with Gasteiger partial charge in [0.05, 0.1) is 5.02 Å². The monoisotopic (exact) mass is 378 g/mol. The number of rotatable bonds is 2. The van der Waals surface area contributed by atoms with Crippen molar-refractivity contribution >= 4 is 23.3 Å². The number of hydrogen-bond donors (Lipinski definition) is 4. The molecule has 5 N–H and O–H groups in total. The number of cyclic esters (lactones) is 1. The number of allylic oxidation sites excluding steroid dienone is 3. The number of carbonyl (C=O) groups is 1. The van der Waals surface area contributed by atoms with Gasteiger partial charge in [0, 0.05) is 24.6 Å². The second-order valence-corrected chi connectivity index (χ2v) is 6.45. The van der Waals surface area contributed by atoms with Gasteiger partial charge in [-0.1, -0.05) is 29.8 Å². The first-order valence-corrected chi connectivity index (χ1v) is 8.85. The number of ether oxygens (including phenoxy) is 1. The third-order valence-electron chi connectivity index (χ3n) is 4.04. The molecular weight excluding hydrogens is 356 g/mol. The quantitative estimate of drug-likeness (QED) is 0.464. The number of esters is 1. The molecule has 140 valence electrons. The Morgan fingerprint density at radius 2 is 1.96 bits per heavy atom. The van der Waals surface area contributed by atoms with Crippen molar-refractivity contribution in [3.05, 3.63) is 46.5 Å². The normalized spacial score (nSPS) is 21.4. The molecule has 1 unspecified atom stereocenters. The van der Waals surface area contributed by atoms with Gasteiger partial charge in [-0.3, -0.25) is 0 Å². The molecule has 26 heavy (non-hydrogen) atoms. The van der Waals surface area contributed by atoms with Gasteiger partial charge in [-0.15, -0.1) is 0 Å². The molecule has 0 bridgehead atoms. The lowest BCUT2D eigenvalue weighted by molar-refractivity contribution is 0.0290. The van der Waals surface area contributed by atoms with Gasteiger partial charge in [0.2, 0.25) is 0 Å². The second kappa shape index (κ2) is 9.40. The molecule has 0 spiro atoms. The number of halogens is 1. The Morgan fingerprint density at radius 3 is 2.69 bits per heavy atom. The fraction of sp³-hybridized carbons (Fsp3) is 0.368. The average molecular weight is 379 g/mol. The molecular formula is C19H23ClN2O4. The molecule has 0 aromatic heterocycles. The number of phenols is 2. The number of benzene rings is 1. The lowest BCUT2D eigenvalue weighted by atomic mass is 9.99. The highest BCUT2D eigenvalue weighted by atomic mass is 35.5. The van der Waals surface area contributed by atoms with Crippen LogP contribution in [0.4, 0.5) is 0 Å². The van der Waals surface area contributed by atoms with E-state index in [0.29, 0.717) is 19.4 Å². The van der Waals surface area contributed by atoms with E-state index in [1.165, 1.54) is 0 Å². The van der Waals surface area contributed by atoms with Crippen LogP contribution in [0.1, 0.15) is 41.6 Å². The smallest absolute Gasteiger partial charge is 0.342 e. The summed E-state index contributed by atoms with van der Waals surface area (Å²) in [5, 5.41) is 28.1. The van der Waals surface area contributed by atoms with Crippen LogP contribution >= 0.6 is 11.6 Å². The van der Waals surface area contributed by atoms with Crippen molar-refractivity contribution in [2.75, 3.05) is 6.54 Å². The van der Waals surface area contributed by atoms with Gasteiger partial charge in [-0.25, -0.2) is 4.79 Å². The van der Waals surface area contributed by atoms with Gasteiger partial charge >= 0.3 is 5.97 Å². The maximum absolute atomic E-state index is 12.7. The van der Waals surface area contributed by atoms with E-state index < -0.39 is 17.8 Å². The van der Waals surface area contributed by atoms with Crippen molar-refractivity contribution in [1.29, 1.82) is 5.41 Å². The largest absolute Gasteiger partial charge is 0.507 e. The summed E-state index contributed by atoms with van der Waals surface area (Å²) in [5.74, 6) is -1.53. The second-order valence-electron chi connectivity index (χ2n) is 6.08. The van der Waals surface area contributed by atoms with Crippen LogP contribution in [0.15, 0.2) is 30.4 Å². The zero-order chi connectivity index (χ0) is 19.1. The van der Waals surface area contributed by atoms with Crippen molar-refractivity contribution in [2.24, 2.45) is 5.73 Å². The molecule has 1 aromatic carbocycles. The molecule has 0 saturated carbocycles. The summed E-state index contributed by atoms with van der Waals surface area (Å²) in [6.45, 7) is 0.355. The predicted octanol–water partition coefficient (Wildman–Crippen LogP) is 3.48. The van der Waals surface area contributed by atoms with Crippen LogP contribution in [0, 0.1) is 5.41 Å². The van der Waals surface area contributed by atoms with Gasteiger partial charge in [-0.2, -0.15) is 0 Å². The maximum atomic E-state index is 12.7. The first-order valence-electron chi connectivity index (χ1n) is 8.47. The van der Waals surface area contributed by atoms with Gasteiger partial charge in [0.15, 0.2) is 0 Å². The molecule has 0 saturated heterocycles. The third-order valence-corrected chi connectivity index (χ3v) is 4.46. The Balaban J connectivity index is 2.48. The summed E-state index contributed by atoms with van der Waals surface area (Å²) in [7, 11) is 0. The minimum atomic E-state index is -0.750. The van der Waals surface area contributed by atoms with Gasteiger partial charge in [0.1, 0.15) is 23.2 Å². The molecule has 6 nitrogen and oxygen atoms in total. The van der Waals surface area contributed by atoms with Crippen LogP contribution in [-0.2, 0) is 11.2 Å². The summed E-state index contributed by atoms with van der Waals surface area (Å²) >= 11 is 6.14. The number of hydrogen-bond acceptors (Lipinski definition) is 6. The van der Waals surface area contributed by atoms with E-state index in [-0.39, 0.29) is 34.0 Å². The lowest BCUT2D eigenvalue weighted by Crippen LogP contribution is -2.22. The van der Waals surface area contributed by atoms with Crippen LogP contribution in [0.3, 0.4) is 0 Å². The molecule has 0 amide bonds. The summed E-state index contributed by atoms with van der Waals surface area (Å²) < 4.78 is 5.51. The number of aromatic hydroxyl groups is 2. The Bertz CT molecular complexity index is 744. The highest BCUT2D eigenvalue weighted by Crippen LogP contribution is 2.37. The Labute approximate surface area is 157 Å². The van der Waals surface area contributed by atoms with Crippen LogP contribution in [-0.4, -0.2) is 34.5 Å². The van der Waals surface area contributed by atoms with E-state index in [1.807, 2.05) is 18.2 Å². The summed E-state index contributed by atoms with van der Waals surface area (Å²) in [6, 6.07) is 1.00. The minimum absolute atomic E-state index is 0.0148. The zero-order valence-electron chi connectivity index (χ0n) is 14.4. The van der Waals surface area contributed by atoms with E-state index in [2.05, 4.69) is 0 Å². The van der Waals surface area contributed by atoms with E-state index in [9.17, 15) is 15.0 Å². The average Bonchev–Trinajstić information content (AvgIpc) is 2.58. The Morgan fingerprint density at radius 1 is 1.23 bits per heavy atom. The molecule has 2 rings (SSSR count). The fourth-order valence-electron chi connectivity index (χ4n) is 2.73. The molecule has 1 heterocycles. The van der Waals surface area contributed by atoms with Crippen LogP contribution in [0.25, 0.3) is 0 Å². The molecule has 1 aromatic rings. The topological polar surface area (TPSA) is 117 Å². The van der Waals surface area contributed by atoms with Crippen LogP contribution in [0.5, 0.6) is 11.5 Å². The van der Waals surface area contributed by atoms with E-state index in [4.69, 9.17) is 27.5 Å². The van der Waals surface area contributed by atoms with Crippen molar-refractivity contribution in [2.45, 2.75) is 38.2 Å². The molecule has 1 atom stereocenters. The molecule has 0 fully saturated rings. The third kappa shape index (κ3) is 5.09. The zero-order valence-corrected chi connectivity index (χ0v) is 15.1. The molecule has 0 aliphatic carbocycles. The number of fused-ring (bicyclic) bond motifs is 1. The molecule has 0 radical (unpaired) electrons. The number of nitrogens with one attached hydrogen (secondary N) is 1. The van der Waals surface area contributed by atoms with E-state index >= 15 is 0 Å². The number of nitrogens with two attached hydrogens (primary N) is 1. The number of phenolic OH excluding ortho intramolecular Hbond substituents is 2. The van der Waals surface area contributed by atoms with Gasteiger partial charge < -0.3 is 26.1 Å². The molecule has 1 aliphatic heterocycles. The summed E-state index contributed by atoms with van der Waals surface area (Å²) in [4.78, 5) is 12.7. The van der Waals surface area contributed by atoms with Gasteiger partial charge in [-0.05, 0) is 37.4 Å². The van der Waals surface area contributed by atoms with E-state index in [0.717, 1.165) is 18.9 Å². The number of carbonyl (C=O) groups excluding carboxylic acids is 1. The Kier molecular flexibility index (Phi) is 7.24. The molecule has 1 aliphatic rings. The van der Waals surface area contributed by atoms with Gasteiger partial charge in [0.25, 0.3) is 0 Å². The minimum Gasteiger partial charge on any atom is -0.507 e. The highest BCUT2D eigenvalue weighted by Gasteiger charge is 2.25. The first-order chi connectivity index (χ1) is 12.4. The van der Waals surface area contributed by atoms with Crippen molar-refractivity contribution in [3.63, 3.8) is 0 Å². The lowest BCUT2D eigenvalue weighted by Gasteiger charge is -2.19. The van der Waals surface area contributed by atoms with Crippen molar-refractivity contribution in [3.8, 4) is 11.5 Å². The SMILES string of the molecule is N=C1/C=C/CC/C=C/CC(CCN)OC(=O)c2c(O)cc(O)c(Cl)c2C1. The summed E-state index contributed by atoms with van der Waals surface area (Å²) in [6.07, 6.45) is 9.56. The van der Waals surface area contributed by atoms with E-state index in [1.54, 1.807) is 6.08 Å².